The summed E-state index contributed by atoms with van der Waals surface area (Å²) in [5.74, 6) is 3.34. The third-order valence-electron chi connectivity index (χ3n) is 4.87. The molecule has 2 heterocycles. The van der Waals surface area contributed by atoms with Gasteiger partial charge < -0.3 is 5.32 Å². The van der Waals surface area contributed by atoms with E-state index in [0.29, 0.717) is 5.92 Å². The van der Waals surface area contributed by atoms with E-state index in [2.05, 4.69) is 57.7 Å². The Morgan fingerprint density at radius 2 is 1.93 bits per heavy atom. The van der Waals surface area contributed by atoms with Crippen LogP contribution in [0.5, 0.6) is 0 Å². The van der Waals surface area contributed by atoms with Crippen LogP contribution >= 0.6 is 0 Å². The van der Waals surface area contributed by atoms with Gasteiger partial charge in [-0.15, -0.1) is 6.42 Å². The third-order valence-corrected chi connectivity index (χ3v) is 4.87. The van der Waals surface area contributed by atoms with Crippen molar-refractivity contribution in [1.29, 1.82) is 0 Å². The second-order valence-electron chi connectivity index (χ2n) is 7.08. The molecular formula is C25H27N3. The molecule has 142 valence electrons. The Kier molecular flexibility index (Phi) is 7.64. The van der Waals surface area contributed by atoms with Crippen LogP contribution in [0.25, 0.3) is 0 Å². The highest BCUT2D eigenvalue weighted by molar-refractivity contribution is 5.85. The minimum absolute atomic E-state index is 0.595. The van der Waals surface area contributed by atoms with E-state index in [1.807, 2.05) is 36.7 Å². The number of hydrogen-bond acceptors (Lipinski definition) is 3. The highest BCUT2D eigenvalue weighted by Gasteiger charge is 2.10. The molecule has 0 saturated heterocycles. The zero-order valence-corrected chi connectivity index (χ0v) is 16.2. The van der Waals surface area contributed by atoms with Crippen molar-refractivity contribution in [3.8, 4) is 12.3 Å². The van der Waals surface area contributed by atoms with E-state index in [1.165, 1.54) is 5.56 Å². The molecule has 3 heteroatoms. The van der Waals surface area contributed by atoms with E-state index in [1.54, 1.807) is 0 Å². The van der Waals surface area contributed by atoms with Crippen LogP contribution in [-0.2, 0) is 12.8 Å². The highest BCUT2D eigenvalue weighted by Crippen LogP contribution is 2.17. The van der Waals surface area contributed by atoms with Crippen LogP contribution in [0.4, 0.5) is 0 Å². The van der Waals surface area contributed by atoms with Crippen molar-refractivity contribution in [3.63, 3.8) is 0 Å². The maximum absolute atomic E-state index is 5.70. The van der Waals surface area contributed by atoms with Gasteiger partial charge in [0.05, 0.1) is 0 Å². The standard InChI is InChI=1S/C25H27N3/c1-2-21-16-24(18-25-10-6-7-13-28-25)20-27-15-12-23(11-14-26-19-21)17-22-8-4-3-5-9-22/h1,3-10,13,16,19-20,23,27H,11-12,14-15,17-18H2/b21-16?,24-20-,26-19?. The molecule has 1 aliphatic heterocycles. The lowest BCUT2D eigenvalue weighted by Gasteiger charge is -2.17. The zero-order chi connectivity index (χ0) is 19.4. The normalized spacial score (nSPS) is 19.8. The molecule has 1 atom stereocenters. The minimum Gasteiger partial charge on any atom is -0.391 e. The van der Waals surface area contributed by atoms with Gasteiger partial charge >= 0.3 is 0 Å². The number of nitrogens with one attached hydrogen (secondary N) is 1. The first-order valence-electron chi connectivity index (χ1n) is 9.88. The lowest BCUT2D eigenvalue weighted by atomic mass is 9.93. The summed E-state index contributed by atoms with van der Waals surface area (Å²) in [5.41, 5.74) is 4.32. The molecule has 1 aromatic carbocycles. The fraction of sp³-hybridized carbons (Fsp3) is 0.280. The van der Waals surface area contributed by atoms with Crippen LogP contribution in [0.15, 0.2) is 83.1 Å². The predicted molar refractivity (Wildman–Crippen MR) is 117 cm³/mol. The van der Waals surface area contributed by atoms with Gasteiger partial charge in [-0.2, -0.15) is 0 Å². The van der Waals surface area contributed by atoms with Gasteiger partial charge in [0.1, 0.15) is 0 Å². The summed E-state index contributed by atoms with van der Waals surface area (Å²) in [6.45, 7) is 1.74. The molecule has 3 rings (SSSR count). The predicted octanol–water partition coefficient (Wildman–Crippen LogP) is 4.38. The first-order chi connectivity index (χ1) is 13.8. The molecule has 28 heavy (non-hydrogen) atoms. The van der Waals surface area contributed by atoms with Crippen molar-refractivity contribution in [2.24, 2.45) is 10.9 Å². The van der Waals surface area contributed by atoms with E-state index >= 15 is 0 Å². The van der Waals surface area contributed by atoms with Crippen molar-refractivity contribution < 1.29 is 0 Å². The van der Waals surface area contributed by atoms with Crippen molar-refractivity contribution >= 4 is 6.21 Å². The van der Waals surface area contributed by atoms with Crippen molar-refractivity contribution in [2.45, 2.75) is 25.7 Å². The average Bonchev–Trinajstić information content (AvgIpc) is 2.73. The molecule has 2 aromatic rings. The number of aromatic nitrogens is 1. The number of benzene rings is 1. The van der Waals surface area contributed by atoms with E-state index in [9.17, 15) is 0 Å². The molecular weight excluding hydrogens is 342 g/mol. The van der Waals surface area contributed by atoms with Gasteiger partial charge in [-0.05, 0) is 54.5 Å². The largest absolute Gasteiger partial charge is 0.391 e. The van der Waals surface area contributed by atoms with Crippen LogP contribution < -0.4 is 5.32 Å². The molecule has 0 saturated carbocycles. The second kappa shape index (κ2) is 10.9. The molecule has 0 spiro atoms. The Morgan fingerprint density at radius 3 is 2.71 bits per heavy atom. The number of rotatable bonds is 4. The van der Waals surface area contributed by atoms with Gasteiger partial charge in [0.2, 0.25) is 0 Å². The van der Waals surface area contributed by atoms with Crippen LogP contribution in [0.3, 0.4) is 0 Å². The Hall–Kier alpha value is -3.12. The van der Waals surface area contributed by atoms with Gasteiger partial charge in [-0.25, -0.2) is 0 Å². The average molecular weight is 370 g/mol. The summed E-state index contributed by atoms with van der Waals surface area (Å²) in [7, 11) is 0. The Balaban J connectivity index is 1.72. The van der Waals surface area contributed by atoms with E-state index in [-0.39, 0.29) is 0 Å². The fourth-order valence-corrected chi connectivity index (χ4v) is 3.38. The van der Waals surface area contributed by atoms with E-state index < -0.39 is 0 Å². The molecule has 1 unspecified atom stereocenters. The molecule has 0 aliphatic carbocycles. The second-order valence-corrected chi connectivity index (χ2v) is 7.08. The molecule has 0 bridgehead atoms. The topological polar surface area (TPSA) is 37.3 Å². The number of terminal acetylenes is 1. The molecule has 1 N–H and O–H groups in total. The van der Waals surface area contributed by atoms with Gasteiger partial charge in [0.15, 0.2) is 0 Å². The maximum Gasteiger partial charge on any atom is 0.0447 e. The van der Waals surface area contributed by atoms with E-state index in [4.69, 9.17) is 6.42 Å². The Labute approximate surface area is 168 Å². The summed E-state index contributed by atoms with van der Waals surface area (Å²) >= 11 is 0. The van der Waals surface area contributed by atoms with Gasteiger partial charge in [-0.3, -0.25) is 9.98 Å². The van der Waals surface area contributed by atoms with Crippen molar-refractivity contribution in [2.75, 3.05) is 13.1 Å². The minimum atomic E-state index is 0.595. The Bertz CT molecular complexity index is 858. The Morgan fingerprint density at radius 1 is 1.07 bits per heavy atom. The number of nitrogens with zero attached hydrogens (tertiary/aromatic N) is 2. The van der Waals surface area contributed by atoms with Gasteiger partial charge in [0.25, 0.3) is 0 Å². The highest BCUT2D eigenvalue weighted by atomic mass is 14.8. The summed E-state index contributed by atoms with van der Waals surface area (Å²) in [5, 5.41) is 3.49. The van der Waals surface area contributed by atoms with Gasteiger partial charge in [-0.1, -0.05) is 42.3 Å². The fourth-order valence-electron chi connectivity index (χ4n) is 3.38. The van der Waals surface area contributed by atoms with E-state index in [0.717, 1.165) is 55.6 Å². The van der Waals surface area contributed by atoms with Crippen LogP contribution in [0.2, 0.25) is 0 Å². The molecule has 0 radical (unpaired) electrons. The first kappa shape index (κ1) is 19.6. The lowest BCUT2D eigenvalue weighted by molar-refractivity contribution is 0.450. The SMILES string of the molecule is C#CC1=C/C(Cc2ccccn2)=C/NCCC(Cc2ccccc2)CCN=C1. The zero-order valence-electron chi connectivity index (χ0n) is 16.2. The summed E-state index contributed by atoms with van der Waals surface area (Å²) in [4.78, 5) is 9.02. The molecule has 0 fully saturated rings. The monoisotopic (exact) mass is 369 g/mol. The molecule has 1 aromatic heterocycles. The summed E-state index contributed by atoms with van der Waals surface area (Å²) < 4.78 is 0. The molecule has 3 nitrogen and oxygen atoms in total. The summed E-state index contributed by atoms with van der Waals surface area (Å²) in [6, 6.07) is 16.7. The maximum atomic E-state index is 5.70. The van der Waals surface area contributed by atoms with Gasteiger partial charge in [0, 0.05) is 49.4 Å². The first-order valence-corrected chi connectivity index (χ1v) is 9.88. The quantitative estimate of drug-likeness (QED) is 0.812. The number of allylic oxidation sites excluding steroid dienone is 3. The number of hydrogen-bond donors (Lipinski definition) is 1. The third kappa shape index (κ3) is 6.55. The van der Waals surface area contributed by atoms with Crippen LogP contribution in [-0.4, -0.2) is 24.3 Å². The van der Waals surface area contributed by atoms with Crippen LogP contribution in [0, 0.1) is 18.3 Å². The summed E-state index contributed by atoms with van der Waals surface area (Å²) in [6.07, 6.45) is 17.4. The van der Waals surface area contributed by atoms with Crippen LogP contribution in [0.1, 0.15) is 24.1 Å². The lowest BCUT2D eigenvalue weighted by Crippen LogP contribution is -2.16. The number of aliphatic imine (C=N–C) groups is 1. The van der Waals surface area contributed by atoms with Crippen molar-refractivity contribution in [1.82, 2.24) is 10.3 Å². The smallest absolute Gasteiger partial charge is 0.0447 e. The molecule has 0 amide bonds. The number of pyridine rings is 1. The van der Waals surface area contributed by atoms with Crippen molar-refractivity contribution in [3.05, 3.63) is 89.4 Å². The molecule has 1 aliphatic rings.